The Bertz CT molecular complexity index is 760. The van der Waals surface area contributed by atoms with Gasteiger partial charge in [-0.1, -0.05) is 13.8 Å². The molecule has 0 unspecified atom stereocenters. The van der Waals surface area contributed by atoms with Crippen LogP contribution >= 0.6 is 0 Å². The Morgan fingerprint density at radius 2 is 1.81 bits per heavy atom. The molecule has 0 saturated heterocycles. The maximum Gasteiger partial charge on any atom is 0.272 e. The molecule has 1 amide bonds. The molecule has 0 bridgehead atoms. The minimum atomic E-state index is -0.0682. The fourth-order valence-electron chi connectivity index (χ4n) is 2.83. The number of carbonyl (C=O) groups is 1. The summed E-state index contributed by atoms with van der Waals surface area (Å²) in [5.74, 6) is 1.92. The largest absolute Gasteiger partial charge is 0.486 e. The van der Waals surface area contributed by atoms with Gasteiger partial charge in [0, 0.05) is 30.9 Å². The maximum atomic E-state index is 12.7. The lowest BCUT2D eigenvalue weighted by molar-refractivity contribution is 0.0749. The lowest BCUT2D eigenvalue weighted by Gasteiger charge is -2.21. The number of ether oxygens (including phenoxy) is 2. The molecule has 3 rings (SSSR count). The molecule has 1 N–H and O–H groups in total. The third-order valence-electron chi connectivity index (χ3n) is 3.98. The number of nitrogens with zero attached hydrogens (tertiary/aromatic N) is 3. The van der Waals surface area contributed by atoms with Gasteiger partial charge in [0.1, 0.15) is 31.1 Å². The number of amides is 1. The van der Waals surface area contributed by atoms with Gasteiger partial charge in [-0.25, -0.2) is 9.97 Å². The average molecular weight is 356 g/mol. The molecule has 1 aromatic carbocycles. The first kappa shape index (κ1) is 18.0. The van der Waals surface area contributed by atoms with Crippen molar-refractivity contribution < 1.29 is 14.3 Å². The summed E-state index contributed by atoms with van der Waals surface area (Å²) < 4.78 is 11.1. The standard InChI is InChI=1S/C19H24N4O3/c1-3-7-23(8-4-2)19(24)15-12-18(21-13-20-15)22-14-5-6-16-17(11-14)26-10-9-25-16/h5-6,11-13H,3-4,7-10H2,1-2H3,(H,20,21,22). The molecule has 0 spiro atoms. The van der Waals surface area contributed by atoms with Crippen LogP contribution in [0, 0.1) is 0 Å². The Labute approximate surface area is 153 Å². The molecule has 0 fully saturated rings. The van der Waals surface area contributed by atoms with E-state index in [0.29, 0.717) is 30.5 Å². The minimum Gasteiger partial charge on any atom is -0.486 e. The summed E-state index contributed by atoms with van der Waals surface area (Å²) in [7, 11) is 0. The smallest absolute Gasteiger partial charge is 0.272 e. The van der Waals surface area contributed by atoms with E-state index in [1.165, 1.54) is 6.33 Å². The topological polar surface area (TPSA) is 76.6 Å². The minimum absolute atomic E-state index is 0.0682. The average Bonchev–Trinajstić information content (AvgIpc) is 2.67. The summed E-state index contributed by atoms with van der Waals surface area (Å²) in [6.07, 6.45) is 3.24. The molecule has 0 saturated carbocycles. The predicted octanol–water partition coefficient (Wildman–Crippen LogP) is 3.25. The van der Waals surface area contributed by atoms with Gasteiger partial charge in [-0.05, 0) is 25.0 Å². The number of hydrogen-bond acceptors (Lipinski definition) is 6. The third-order valence-corrected chi connectivity index (χ3v) is 3.98. The van der Waals surface area contributed by atoms with Gasteiger partial charge in [0.2, 0.25) is 0 Å². The molecular formula is C19H24N4O3. The first-order valence-electron chi connectivity index (χ1n) is 8.99. The van der Waals surface area contributed by atoms with Crippen LogP contribution in [0.3, 0.4) is 0 Å². The Morgan fingerprint density at radius 3 is 2.54 bits per heavy atom. The third kappa shape index (κ3) is 4.22. The predicted molar refractivity (Wildman–Crippen MR) is 99.2 cm³/mol. The second-order valence-electron chi connectivity index (χ2n) is 6.06. The SMILES string of the molecule is CCCN(CCC)C(=O)c1cc(Nc2ccc3c(c2)OCCO3)ncn1. The molecule has 7 heteroatoms. The normalized spacial score (nSPS) is 12.5. The number of carbonyl (C=O) groups excluding carboxylic acids is 1. The van der Waals surface area contributed by atoms with Crippen molar-refractivity contribution in [1.29, 1.82) is 0 Å². The van der Waals surface area contributed by atoms with Crippen LogP contribution in [0.2, 0.25) is 0 Å². The molecule has 0 atom stereocenters. The number of anilines is 2. The van der Waals surface area contributed by atoms with Crippen molar-refractivity contribution in [2.75, 3.05) is 31.6 Å². The fraction of sp³-hybridized carbons (Fsp3) is 0.421. The lowest BCUT2D eigenvalue weighted by atomic mass is 10.2. The van der Waals surface area contributed by atoms with Gasteiger partial charge in [-0.15, -0.1) is 0 Å². The maximum absolute atomic E-state index is 12.7. The van der Waals surface area contributed by atoms with Crippen molar-refractivity contribution in [1.82, 2.24) is 14.9 Å². The van der Waals surface area contributed by atoms with Crippen molar-refractivity contribution in [2.45, 2.75) is 26.7 Å². The van der Waals surface area contributed by atoms with E-state index < -0.39 is 0 Å². The van der Waals surface area contributed by atoms with Crippen LogP contribution in [0.25, 0.3) is 0 Å². The van der Waals surface area contributed by atoms with E-state index in [9.17, 15) is 4.79 Å². The molecule has 7 nitrogen and oxygen atoms in total. The quantitative estimate of drug-likeness (QED) is 0.821. The lowest BCUT2D eigenvalue weighted by Crippen LogP contribution is -2.33. The highest BCUT2D eigenvalue weighted by atomic mass is 16.6. The Balaban J connectivity index is 1.75. The number of hydrogen-bond donors (Lipinski definition) is 1. The number of benzene rings is 1. The molecule has 0 radical (unpaired) electrons. The second-order valence-corrected chi connectivity index (χ2v) is 6.06. The summed E-state index contributed by atoms with van der Waals surface area (Å²) in [5.41, 5.74) is 1.20. The highest BCUT2D eigenvalue weighted by Crippen LogP contribution is 2.33. The highest BCUT2D eigenvalue weighted by molar-refractivity contribution is 5.93. The Kier molecular flexibility index (Phi) is 5.88. The van der Waals surface area contributed by atoms with Crippen molar-refractivity contribution >= 4 is 17.4 Å². The molecule has 2 heterocycles. The van der Waals surface area contributed by atoms with Crippen molar-refractivity contribution in [3.63, 3.8) is 0 Å². The monoisotopic (exact) mass is 356 g/mol. The molecule has 2 aromatic rings. The van der Waals surface area contributed by atoms with Crippen molar-refractivity contribution in [2.24, 2.45) is 0 Å². The van der Waals surface area contributed by atoms with E-state index >= 15 is 0 Å². The Morgan fingerprint density at radius 1 is 1.08 bits per heavy atom. The first-order valence-corrected chi connectivity index (χ1v) is 8.99. The van der Waals surface area contributed by atoms with E-state index in [0.717, 1.165) is 37.4 Å². The van der Waals surface area contributed by atoms with Gasteiger partial charge in [0.05, 0.1) is 0 Å². The zero-order valence-electron chi connectivity index (χ0n) is 15.2. The highest BCUT2D eigenvalue weighted by Gasteiger charge is 2.17. The van der Waals surface area contributed by atoms with Gasteiger partial charge in [-0.2, -0.15) is 0 Å². The second kappa shape index (κ2) is 8.51. The van der Waals surface area contributed by atoms with Crippen molar-refractivity contribution in [3.8, 4) is 11.5 Å². The number of nitrogens with one attached hydrogen (secondary N) is 1. The molecule has 138 valence electrons. The van der Waals surface area contributed by atoms with E-state index in [2.05, 4.69) is 29.1 Å². The van der Waals surface area contributed by atoms with Crippen LogP contribution in [0.5, 0.6) is 11.5 Å². The van der Waals surface area contributed by atoms with Crippen molar-refractivity contribution in [3.05, 3.63) is 36.3 Å². The molecule has 0 aliphatic carbocycles. The molecule has 1 aromatic heterocycles. The summed E-state index contributed by atoms with van der Waals surface area (Å²) in [6, 6.07) is 7.28. The first-order chi connectivity index (χ1) is 12.7. The van der Waals surface area contributed by atoms with Gasteiger partial charge in [0.25, 0.3) is 5.91 Å². The summed E-state index contributed by atoms with van der Waals surface area (Å²) >= 11 is 0. The molecular weight excluding hydrogens is 332 g/mol. The number of aromatic nitrogens is 2. The zero-order valence-corrected chi connectivity index (χ0v) is 15.2. The van der Waals surface area contributed by atoms with Gasteiger partial charge >= 0.3 is 0 Å². The molecule has 1 aliphatic rings. The van der Waals surface area contributed by atoms with Gasteiger partial charge < -0.3 is 19.7 Å². The number of rotatable bonds is 7. The van der Waals surface area contributed by atoms with Crippen LogP contribution in [0.1, 0.15) is 37.2 Å². The molecule has 26 heavy (non-hydrogen) atoms. The van der Waals surface area contributed by atoms with Gasteiger partial charge in [-0.3, -0.25) is 4.79 Å². The van der Waals surface area contributed by atoms with E-state index in [4.69, 9.17) is 9.47 Å². The van der Waals surface area contributed by atoms with Crippen LogP contribution in [0.15, 0.2) is 30.6 Å². The van der Waals surface area contributed by atoms with E-state index in [-0.39, 0.29) is 5.91 Å². The fourth-order valence-corrected chi connectivity index (χ4v) is 2.83. The number of fused-ring (bicyclic) bond motifs is 1. The van der Waals surface area contributed by atoms with Crippen LogP contribution in [0.4, 0.5) is 11.5 Å². The van der Waals surface area contributed by atoms with E-state index in [1.54, 1.807) is 6.07 Å². The summed E-state index contributed by atoms with van der Waals surface area (Å²) in [4.78, 5) is 22.9. The summed E-state index contributed by atoms with van der Waals surface area (Å²) in [5, 5.41) is 3.19. The summed E-state index contributed by atoms with van der Waals surface area (Å²) in [6.45, 7) is 6.66. The zero-order chi connectivity index (χ0) is 18.4. The molecule has 1 aliphatic heterocycles. The van der Waals surface area contributed by atoms with Crippen LogP contribution in [-0.2, 0) is 0 Å². The van der Waals surface area contributed by atoms with Crippen LogP contribution in [-0.4, -0.2) is 47.1 Å². The van der Waals surface area contributed by atoms with E-state index in [1.807, 2.05) is 23.1 Å². The van der Waals surface area contributed by atoms with Gasteiger partial charge in [0.15, 0.2) is 11.5 Å². The van der Waals surface area contributed by atoms with Crippen LogP contribution < -0.4 is 14.8 Å². The Hall–Kier alpha value is -2.83.